The topological polar surface area (TPSA) is 94.1 Å². The van der Waals surface area contributed by atoms with Gasteiger partial charge in [-0.25, -0.2) is 4.98 Å². The Balaban J connectivity index is 2.11. The van der Waals surface area contributed by atoms with Crippen LogP contribution in [0.25, 0.3) is 0 Å². The van der Waals surface area contributed by atoms with Gasteiger partial charge in [0, 0.05) is 17.6 Å². The molecule has 2 rings (SSSR count). The molecule has 0 aliphatic heterocycles. The summed E-state index contributed by atoms with van der Waals surface area (Å²) in [6, 6.07) is 8.81. The third-order valence-electron chi connectivity index (χ3n) is 2.53. The van der Waals surface area contributed by atoms with Crippen molar-refractivity contribution in [3.05, 3.63) is 57.2 Å². The Morgan fingerprint density at radius 1 is 1.42 bits per heavy atom. The summed E-state index contributed by atoms with van der Waals surface area (Å²) in [5.41, 5.74) is 6.34. The van der Waals surface area contributed by atoms with Gasteiger partial charge in [0.15, 0.2) is 0 Å². The van der Waals surface area contributed by atoms with Gasteiger partial charge in [-0.3, -0.25) is 10.1 Å². The van der Waals surface area contributed by atoms with Crippen LogP contribution in [-0.4, -0.2) is 9.91 Å². The predicted molar refractivity (Wildman–Crippen MR) is 74.1 cm³/mol. The Bertz CT molecular complexity index is 618. The van der Waals surface area contributed by atoms with Crippen LogP contribution in [0.4, 0.5) is 17.2 Å². The molecule has 0 saturated heterocycles. The molecule has 6 nitrogen and oxygen atoms in total. The summed E-state index contributed by atoms with van der Waals surface area (Å²) in [6.07, 6.45) is 1.13. The monoisotopic (exact) mass is 278 g/mol. The first-order chi connectivity index (χ1) is 9.08. The summed E-state index contributed by atoms with van der Waals surface area (Å²) < 4.78 is 0. The van der Waals surface area contributed by atoms with Crippen LogP contribution in [0.15, 0.2) is 36.5 Å². The number of nitrogen functional groups attached to an aromatic ring is 1. The highest BCUT2D eigenvalue weighted by molar-refractivity contribution is 6.31. The van der Waals surface area contributed by atoms with Gasteiger partial charge < -0.3 is 11.1 Å². The van der Waals surface area contributed by atoms with E-state index < -0.39 is 4.92 Å². The molecule has 0 unspecified atom stereocenters. The van der Waals surface area contributed by atoms with Crippen molar-refractivity contribution >= 4 is 28.8 Å². The summed E-state index contributed by atoms with van der Waals surface area (Å²) in [5.74, 6) is 0.461. The maximum Gasteiger partial charge on any atom is 0.310 e. The van der Waals surface area contributed by atoms with Crippen LogP contribution in [-0.2, 0) is 6.54 Å². The van der Waals surface area contributed by atoms with Crippen molar-refractivity contribution < 1.29 is 4.92 Å². The van der Waals surface area contributed by atoms with Crippen LogP contribution in [0.3, 0.4) is 0 Å². The first-order valence-corrected chi connectivity index (χ1v) is 5.83. The fraction of sp³-hybridized carbons (Fsp3) is 0.0833. The van der Waals surface area contributed by atoms with E-state index in [1.165, 1.54) is 6.07 Å². The lowest BCUT2D eigenvalue weighted by Gasteiger charge is -2.07. The van der Waals surface area contributed by atoms with Crippen molar-refractivity contribution in [1.82, 2.24) is 4.98 Å². The largest absolute Gasteiger partial charge is 0.393 e. The number of hydrogen-bond acceptors (Lipinski definition) is 5. The molecule has 1 aromatic carbocycles. The van der Waals surface area contributed by atoms with Crippen LogP contribution in [0.1, 0.15) is 5.56 Å². The second kappa shape index (κ2) is 5.53. The number of hydrogen-bond donors (Lipinski definition) is 2. The lowest BCUT2D eigenvalue weighted by Crippen LogP contribution is -2.04. The fourth-order valence-corrected chi connectivity index (χ4v) is 1.74. The molecule has 0 bridgehead atoms. The maximum absolute atomic E-state index is 10.6. The van der Waals surface area contributed by atoms with Crippen molar-refractivity contribution in [3.63, 3.8) is 0 Å². The quantitative estimate of drug-likeness (QED) is 0.662. The number of rotatable bonds is 4. The summed E-state index contributed by atoms with van der Waals surface area (Å²) in [6.45, 7) is 0.462. The first kappa shape index (κ1) is 13.1. The van der Waals surface area contributed by atoms with Crippen molar-refractivity contribution in [2.45, 2.75) is 6.54 Å². The number of nitrogens with two attached hydrogens (primary N) is 1. The lowest BCUT2D eigenvalue weighted by atomic mass is 10.2. The van der Waals surface area contributed by atoms with E-state index in [4.69, 9.17) is 17.3 Å². The van der Waals surface area contributed by atoms with Crippen LogP contribution < -0.4 is 11.1 Å². The first-order valence-electron chi connectivity index (χ1n) is 5.45. The zero-order valence-corrected chi connectivity index (χ0v) is 10.6. The molecule has 1 heterocycles. The van der Waals surface area contributed by atoms with E-state index in [1.807, 2.05) is 18.2 Å². The zero-order chi connectivity index (χ0) is 13.8. The third kappa shape index (κ3) is 3.11. The molecule has 2 aromatic rings. The SMILES string of the molecule is Nc1cc(NCc2ccccc2Cl)ncc1[N+](=O)[O-]. The van der Waals surface area contributed by atoms with Crippen molar-refractivity contribution in [3.8, 4) is 0 Å². The minimum Gasteiger partial charge on any atom is -0.393 e. The average Bonchev–Trinajstić information content (AvgIpc) is 2.37. The van der Waals surface area contributed by atoms with Gasteiger partial charge in [0.1, 0.15) is 17.7 Å². The van der Waals surface area contributed by atoms with Gasteiger partial charge in [0.25, 0.3) is 0 Å². The number of pyridine rings is 1. The molecule has 7 heteroatoms. The summed E-state index contributed by atoms with van der Waals surface area (Å²) in [7, 11) is 0. The molecule has 0 radical (unpaired) electrons. The highest BCUT2D eigenvalue weighted by atomic mass is 35.5. The second-order valence-electron chi connectivity index (χ2n) is 3.83. The minimum atomic E-state index is -0.569. The highest BCUT2D eigenvalue weighted by Crippen LogP contribution is 2.23. The van der Waals surface area contributed by atoms with E-state index >= 15 is 0 Å². The number of nitro groups is 1. The predicted octanol–water partition coefficient (Wildman–Crippen LogP) is 2.84. The number of halogens is 1. The smallest absolute Gasteiger partial charge is 0.310 e. The lowest BCUT2D eigenvalue weighted by molar-refractivity contribution is -0.384. The normalized spacial score (nSPS) is 10.2. The Kier molecular flexibility index (Phi) is 3.82. The minimum absolute atomic E-state index is 0.0710. The van der Waals surface area contributed by atoms with Crippen LogP contribution in [0.2, 0.25) is 5.02 Å². The van der Waals surface area contributed by atoms with E-state index in [-0.39, 0.29) is 11.4 Å². The maximum atomic E-state index is 10.6. The Labute approximate surface area is 114 Å². The molecule has 0 fully saturated rings. The van der Waals surface area contributed by atoms with E-state index in [1.54, 1.807) is 6.07 Å². The molecule has 3 N–H and O–H groups in total. The second-order valence-corrected chi connectivity index (χ2v) is 4.24. The Hall–Kier alpha value is -2.34. The number of aromatic nitrogens is 1. The van der Waals surface area contributed by atoms with E-state index in [2.05, 4.69) is 10.3 Å². The molecule has 1 aromatic heterocycles. The van der Waals surface area contributed by atoms with Gasteiger partial charge in [-0.1, -0.05) is 29.8 Å². The molecular formula is C12H11ClN4O2. The zero-order valence-electron chi connectivity index (χ0n) is 9.84. The van der Waals surface area contributed by atoms with Crippen LogP contribution in [0, 0.1) is 10.1 Å². The Morgan fingerprint density at radius 2 is 2.16 bits per heavy atom. The molecular weight excluding hydrogens is 268 g/mol. The molecule has 0 aliphatic rings. The van der Waals surface area contributed by atoms with E-state index in [9.17, 15) is 10.1 Å². The summed E-state index contributed by atoms with van der Waals surface area (Å²) >= 11 is 6.01. The third-order valence-corrected chi connectivity index (χ3v) is 2.90. The van der Waals surface area contributed by atoms with Gasteiger partial charge in [0.2, 0.25) is 0 Å². The molecule has 98 valence electrons. The van der Waals surface area contributed by atoms with Crippen LogP contribution >= 0.6 is 11.6 Å². The van der Waals surface area contributed by atoms with E-state index in [0.717, 1.165) is 11.8 Å². The molecule has 0 aliphatic carbocycles. The summed E-state index contributed by atoms with van der Waals surface area (Å²) in [4.78, 5) is 14.0. The van der Waals surface area contributed by atoms with E-state index in [0.29, 0.717) is 17.4 Å². The molecule has 0 saturated carbocycles. The van der Waals surface area contributed by atoms with Crippen molar-refractivity contribution in [2.75, 3.05) is 11.1 Å². The van der Waals surface area contributed by atoms with Gasteiger partial charge in [0.05, 0.1) is 4.92 Å². The molecule has 0 spiro atoms. The highest BCUT2D eigenvalue weighted by Gasteiger charge is 2.12. The van der Waals surface area contributed by atoms with Crippen molar-refractivity contribution in [1.29, 1.82) is 0 Å². The van der Waals surface area contributed by atoms with Gasteiger partial charge in [-0.2, -0.15) is 0 Å². The Morgan fingerprint density at radius 3 is 2.79 bits per heavy atom. The number of nitrogens with zero attached hydrogens (tertiary/aromatic N) is 2. The van der Waals surface area contributed by atoms with Crippen molar-refractivity contribution in [2.24, 2.45) is 0 Å². The number of benzene rings is 1. The fourth-order valence-electron chi connectivity index (χ4n) is 1.54. The van der Waals surface area contributed by atoms with Gasteiger partial charge >= 0.3 is 5.69 Å². The standard InChI is InChI=1S/C12H11ClN4O2/c13-9-4-2-1-3-8(9)6-15-12-5-10(14)11(7-16-12)17(18)19/h1-5,7H,6H2,(H3,14,15,16). The molecule has 0 atom stereocenters. The molecule has 19 heavy (non-hydrogen) atoms. The molecule has 0 amide bonds. The number of nitrogens with one attached hydrogen (secondary N) is 1. The van der Waals surface area contributed by atoms with Crippen LogP contribution in [0.5, 0.6) is 0 Å². The average molecular weight is 279 g/mol. The van der Waals surface area contributed by atoms with Gasteiger partial charge in [-0.05, 0) is 11.6 Å². The summed E-state index contributed by atoms with van der Waals surface area (Å²) in [5, 5.41) is 14.3. The number of anilines is 2. The van der Waals surface area contributed by atoms with Gasteiger partial charge in [-0.15, -0.1) is 0 Å².